The second-order valence-corrected chi connectivity index (χ2v) is 20.0. The van der Waals surface area contributed by atoms with Crippen LogP contribution in [0.3, 0.4) is 0 Å². The lowest BCUT2D eigenvalue weighted by molar-refractivity contribution is 0.668. The summed E-state index contributed by atoms with van der Waals surface area (Å²) in [6, 6.07) is 92.9. The molecule has 1 aliphatic carbocycles. The maximum atomic E-state index is 6.74. The summed E-state index contributed by atoms with van der Waals surface area (Å²) in [7, 11) is 0. The van der Waals surface area contributed by atoms with Gasteiger partial charge in [0.1, 0.15) is 11.2 Å². The van der Waals surface area contributed by atoms with Crippen LogP contribution in [0.15, 0.2) is 264 Å². The number of hydrogen-bond donors (Lipinski definition) is 0. The molecule has 0 unspecified atom stereocenters. The number of hydrogen-bond acceptors (Lipinski definition) is 4. The number of para-hydroxylation sites is 6. The zero-order chi connectivity index (χ0) is 49.8. The summed E-state index contributed by atoms with van der Waals surface area (Å²) in [4.78, 5) is 4.76. The summed E-state index contributed by atoms with van der Waals surface area (Å²) in [6.45, 7) is 4.38. The molecule has 0 atom stereocenters. The molecule has 2 heterocycles. The highest BCUT2D eigenvalue weighted by Crippen LogP contribution is 2.60. The van der Waals surface area contributed by atoms with Gasteiger partial charge in [-0.1, -0.05) is 194 Å². The van der Waals surface area contributed by atoms with Crippen molar-refractivity contribution in [3.05, 3.63) is 288 Å². The van der Waals surface area contributed by atoms with Gasteiger partial charge in [-0.15, -0.1) is 0 Å². The summed E-state index contributed by atoms with van der Waals surface area (Å²) in [5.74, 6) is 0. The summed E-state index contributed by atoms with van der Waals surface area (Å²) < 4.78 is 13.5. The van der Waals surface area contributed by atoms with Gasteiger partial charge in [0.25, 0.3) is 0 Å². The molecule has 4 heteroatoms. The smallest absolute Gasteiger partial charge is 0.159 e. The minimum Gasteiger partial charge on any atom is -0.454 e. The molecule has 354 valence electrons. The lowest BCUT2D eigenvalue weighted by atomic mass is 9.66. The molecule has 12 aromatic carbocycles. The van der Waals surface area contributed by atoms with E-state index in [9.17, 15) is 0 Å². The number of rotatable bonds is 8. The third-order valence-electron chi connectivity index (χ3n) is 15.9. The SMILES string of the molecule is Cc1ccccc1N(c1ccc2c3c(ccc2c1)-c1ccc2cc(N(c4ccccc4C)c4cccc5c4oc4ccccc45)ccc2c1C3(c1ccccc1)c1ccccc1)c1cccc2c1oc1ccccc12. The van der Waals surface area contributed by atoms with Gasteiger partial charge < -0.3 is 18.6 Å². The average Bonchev–Trinajstić information content (AvgIpc) is 4.33. The molecule has 0 saturated heterocycles. The first kappa shape index (κ1) is 43.0. The van der Waals surface area contributed by atoms with Crippen LogP contribution in [0, 0.1) is 13.8 Å². The molecule has 15 rings (SSSR count). The van der Waals surface area contributed by atoms with Crippen molar-refractivity contribution < 1.29 is 8.83 Å². The van der Waals surface area contributed by atoms with E-state index in [0.29, 0.717) is 0 Å². The van der Waals surface area contributed by atoms with Gasteiger partial charge in [0.05, 0.1) is 16.8 Å². The number of nitrogens with zero attached hydrogens (tertiary/aromatic N) is 2. The van der Waals surface area contributed by atoms with Gasteiger partial charge in [0.15, 0.2) is 11.2 Å². The van der Waals surface area contributed by atoms with E-state index in [0.717, 1.165) is 88.8 Å². The highest BCUT2D eigenvalue weighted by molar-refractivity contribution is 6.13. The molecule has 0 amide bonds. The molecule has 0 fully saturated rings. The minimum atomic E-state index is -0.680. The molecule has 0 spiro atoms. The maximum absolute atomic E-state index is 6.74. The Balaban J connectivity index is 0.967. The third-order valence-corrected chi connectivity index (χ3v) is 15.9. The van der Waals surface area contributed by atoms with Crippen molar-refractivity contribution in [2.45, 2.75) is 19.3 Å². The van der Waals surface area contributed by atoms with Crippen molar-refractivity contribution >= 4 is 99.5 Å². The molecule has 0 radical (unpaired) electrons. The largest absolute Gasteiger partial charge is 0.454 e. The van der Waals surface area contributed by atoms with Gasteiger partial charge in [0, 0.05) is 44.3 Å². The van der Waals surface area contributed by atoms with Crippen molar-refractivity contribution in [2.24, 2.45) is 0 Å². The summed E-state index contributed by atoms with van der Waals surface area (Å²) in [5, 5.41) is 9.15. The fraction of sp³-hybridized carbons (Fsp3) is 0.0423. The van der Waals surface area contributed by atoms with Crippen LogP contribution in [0.1, 0.15) is 33.4 Å². The Hall–Kier alpha value is -9.64. The Bertz CT molecular complexity index is 4290. The highest BCUT2D eigenvalue weighted by Gasteiger charge is 2.48. The molecule has 14 aromatic rings. The highest BCUT2D eigenvalue weighted by atomic mass is 16.3. The monoisotopic (exact) mass is 960 g/mol. The van der Waals surface area contributed by atoms with Crippen LogP contribution in [0.5, 0.6) is 0 Å². The van der Waals surface area contributed by atoms with E-state index in [1.165, 1.54) is 55.3 Å². The van der Waals surface area contributed by atoms with Gasteiger partial charge in [-0.05, 0) is 141 Å². The first-order chi connectivity index (χ1) is 37.0. The fourth-order valence-corrected chi connectivity index (χ4v) is 12.7. The zero-order valence-corrected chi connectivity index (χ0v) is 41.5. The van der Waals surface area contributed by atoms with Crippen molar-refractivity contribution in [1.82, 2.24) is 0 Å². The summed E-state index contributed by atoms with van der Waals surface area (Å²) >= 11 is 0. The maximum Gasteiger partial charge on any atom is 0.159 e. The van der Waals surface area contributed by atoms with E-state index in [1.54, 1.807) is 0 Å². The van der Waals surface area contributed by atoms with Crippen molar-refractivity contribution in [2.75, 3.05) is 9.80 Å². The minimum absolute atomic E-state index is 0.680. The first-order valence-corrected chi connectivity index (χ1v) is 25.8. The van der Waals surface area contributed by atoms with Gasteiger partial charge in [0.2, 0.25) is 0 Å². The number of furan rings is 2. The van der Waals surface area contributed by atoms with E-state index in [1.807, 2.05) is 12.1 Å². The lowest BCUT2D eigenvalue weighted by Gasteiger charge is -2.36. The molecular weight excluding hydrogens is 913 g/mol. The molecule has 0 bridgehead atoms. The quantitative estimate of drug-likeness (QED) is 0.152. The van der Waals surface area contributed by atoms with Gasteiger partial charge in [-0.25, -0.2) is 0 Å². The normalized spacial score (nSPS) is 12.8. The van der Waals surface area contributed by atoms with Gasteiger partial charge in [-0.3, -0.25) is 0 Å². The number of fused-ring (bicyclic) bond motifs is 13. The Kier molecular flexibility index (Phi) is 9.58. The van der Waals surface area contributed by atoms with E-state index < -0.39 is 5.41 Å². The Morgan fingerprint density at radius 1 is 0.307 bits per heavy atom. The molecule has 1 aliphatic rings. The predicted octanol–water partition coefficient (Wildman–Crippen LogP) is 19.7. The second kappa shape index (κ2) is 16.7. The summed E-state index contributed by atoms with van der Waals surface area (Å²) in [6.07, 6.45) is 0. The fourth-order valence-electron chi connectivity index (χ4n) is 12.7. The van der Waals surface area contributed by atoms with Crippen LogP contribution >= 0.6 is 0 Å². The van der Waals surface area contributed by atoms with Crippen LogP contribution in [-0.4, -0.2) is 0 Å². The second-order valence-electron chi connectivity index (χ2n) is 20.0. The summed E-state index contributed by atoms with van der Waals surface area (Å²) in [5.41, 5.74) is 18.9. The third kappa shape index (κ3) is 6.36. The Labute approximate surface area is 434 Å². The van der Waals surface area contributed by atoms with Crippen LogP contribution in [0.4, 0.5) is 34.1 Å². The van der Waals surface area contributed by atoms with Gasteiger partial charge >= 0.3 is 0 Å². The van der Waals surface area contributed by atoms with E-state index in [-0.39, 0.29) is 0 Å². The van der Waals surface area contributed by atoms with Crippen LogP contribution in [0.2, 0.25) is 0 Å². The van der Waals surface area contributed by atoms with Crippen molar-refractivity contribution in [3.8, 4) is 11.1 Å². The average molecular weight is 961 g/mol. The first-order valence-electron chi connectivity index (χ1n) is 25.8. The predicted molar refractivity (Wildman–Crippen MR) is 312 cm³/mol. The number of benzene rings is 12. The lowest BCUT2D eigenvalue weighted by Crippen LogP contribution is -2.29. The molecular formula is C71H48N2O2. The molecule has 0 saturated carbocycles. The van der Waals surface area contributed by atoms with E-state index in [4.69, 9.17) is 8.83 Å². The van der Waals surface area contributed by atoms with Crippen LogP contribution < -0.4 is 9.80 Å². The van der Waals surface area contributed by atoms with E-state index >= 15 is 0 Å². The number of aryl methyl sites for hydroxylation is 2. The standard InChI is InChI=1S/C71H48N2O2/c1-45-19-9-13-29-61(45)72(63-31-17-27-59-55-25-11-15-33-65(55)74-69(59)63)51-37-41-53-47(43-51)35-39-57-58-40-36-48-44-52(38-42-54(48)68(58)71(67(53)57,49-21-5-3-6-22-49)50-23-7-4-8-24-50)73(62-30-14-10-20-46(62)2)64-32-18-28-60-56-26-12-16-34-66(56)75-70(60)64/h3-44H,1-2H3. The Morgan fingerprint density at radius 3 is 1.15 bits per heavy atom. The molecule has 2 aromatic heterocycles. The van der Waals surface area contributed by atoms with Crippen LogP contribution in [0.25, 0.3) is 76.5 Å². The van der Waals surface area contributed by atoms with E-state index in [2.05, 4.69) is 266 Å². The molecule has 0 aliphatic heterocycles. The zero-order valence-electron chi connectivity index (χ0n) is 41.5. The van der Waals surface area contributed by atoms with Crippen LogP contribution in [-0.2, 0) is 5.41 Å². The Morgan fingerprint density at radius 2 is 0.693 bits per heavy atom. The van der Waals surface area contributed by atoms with Gasteiger partial charge in [-0.2, -0.15) is 0 Å². The van der Waals surface area contributed by atoms with Crippen molar-refractivity contribution in [3.63, 3.8) is 0 Å². The molecule has 75 heavy (non-hydrogen) atoms. The molecule has 4 nitrogen and oxygen atoms in total. The topological polar surface area (TPSA) is 32.8 Å². The molecule has 0 N–H and O–H groups in total. The number of anilines is 6. The van der Waals surface area contributed by atoms with Crippen molar-refractivity contribution in [1.29, 1.82) is 0 Å².